The van der Waals surface area contributed by atoms with Crippen molar-refractivity contribution in [2.45, 2.75) is 25.2 Å². The maximum absolute atomic E-state index is 5.91. The highest BCUT2D eigenvalue weighted by molar-refractivity contribution is 5.58. The van der Waals surface area contributed by atoms with Crippen molar-refractivity contribution in [3.8, 4) is 0 Å². The Morgan fingerprint density at radius 2 is 2.00 bits per heavy atom. The van der Waals surface area contributed by atoms with Crippen molar-refractivity contribution in [3.63, 3.8) is 0 Å². The van der Waals surface area contributed by atoms with Crippen LogP contribution in [0.15, 0.2) is 24.3 Å². The second-order valence-corrected chi connectivity index (χ2v) is 4.60. The third-order valence-corrected chi connectivity index (χ3v) is 3.63. The molecule has 0 saturated carbocycles. The number of fused-ring (bicyclic) bond motifs is 1. The number of rotatable bonds is 6. The highest BCUT2D eigenvalue weighted by Gasteiger charge is 2.27. The van der Waals surface area contributed by atoms with Gasteiger partial charge in [0, 0.05) is 45.5 Å². The van der Waals surface area contributed by atoms with Crippen LogP contribution in [0.3, 0.4) is 0 Å². The molecule has 1 aliphatic rings. The normalized spacial score (nSPS) is 16.1. The number of nitrogens with two attached hydrogens (primary N) is 1. The molecule has 1 aliphatic heterocycles. The van der Waals surface area contributed by atoms with Crippen LogP contribution in [0.5, 0.6) is 0 Å². The first kappa shape index (κ1) is 13.3. The number of anilines is 1. The molecule has 0 bridgehead atoms. The Labute approximate surface area is 109 Å². The van der Waals surface area contributed by atoms with Gasteiger partial charge in [0.1, 0.15) is 0 Å². The number of para-hydroxylation sites is 1. The van der Waals surface area contributed by atoms with Gasteiger partial charge in [0.25, 0.3) is 0 Å². The minimum absolute atomic E-state index is 0.189. The zero-order valence-corrected chi connectivity index (χ0v) is 11.1. The molecule has 1 unspecified atom stereocenters. The monoisotopic (exact) mass is 250 g/mol. The summed E-state index contributed by atoms with van der Waals surface area (Å²) in [5.74, 6) is 0. The number of hydrogen-bond acceptors (Lipinski definition) is 4. The Balaban J connectivity index is 2.10. The summed E-state index contributed by atoms with van der Waals surface area (Å²) in [6, 6.07) is 8.78. The molecule has 18 heavy (non-hydrogen) atoms. The second-order valence-electron chi connectivity index (χ2n) is 4.60. The van der Waals surface area contributed by atoms with Crippen molar-refractivity contribution in [3.05, 3.63) is 29.8 Å². The summed E-state index contributed by atoms with van der Waals surface area (Å²) in [5, 5.41) is 0. The third kappa shape index (κ3) is 2.66. The Morgan fingerprint density at radius 1 is 1.28 bits per heavy atom. The van der Waals surface area contributed by atoms with Crippen molar-refractivity contribution >= 4 is 5.69 Å². The number of benzene rings is 1. The zero-order chi connectivity index (χ0) is 13.0. The van der Waals surface area contributed by atoms with E-state index >= 15 is 0 Å². The van der Waals surface area contributed by atoms with E-state index in [9.17, 15) is 0 Å². The van der Waals surface area contributed by atoms with E-state index in [4.69, 9.17) is 15.2 Å². The largest absolute Gasteiger partial charge is 0.367 e. The van der Waals surface area contributed by atoms with Gasteiger partial charge in [-0.1, -0.05) is 18.2 Å². The van der Waals surface area contributed by atoms with Crippen LogP contribution in [0.2, 0.25) is 0 Å². The molecule has 1 aromatic rings. The van der Waals surface area contributed by atoms with Gasteiger partial charge in [0.15, 0.2) is 6.29 Å². The summed E-state index contributed by atoms with van der Waals surface area (Å²) in [6.45, 7) is 1.64. The molecular formula is C14H22N2O2. The van der Waals surface area contributed by atoms with Crippen LogP contribution >= 0.6 is 0 Å². The standard InChI is InChI=1S/C14H22N2O2/c1-17-14(18-2)9-12(10-15)16-8-7-11-5-3-4-6-13(11)16/h3-6,12,14H,7-10,15H2,1-2H3. The Hall–Kier alpha value is -1.10. The molecule has 0 spiro atoms. The fourth-order valence-corrected chi connectivity index (χ4v) is 2.60. The molecule has 0 amide bonds. The van der Waals surface area contributed by atoms with Gasteiger partial charge >= 0.3 is 0 Å². The topological polar surface area (TPSA) is 47.7 Å². The van der Waals surface area contributed by atoms with E-state index < -0.39 is 0 Å². The summed E-state index contributed by atoms with van der Waals surface area (Å²) in [4.78, 5) is 2.38. The van der Waals surface area contributed by atoms with E-state index in [2.05, 4.69) is 29.2 Å². The van der Waals surface area contributed by atoms with Crippen molar-refractivity contribution in [2.75, 3.05) is 32.2 Å². The highest BCUT2D eigenvalue weighted by Crippen LogP contribution is 2.30. The van der Waals surface area contributed by atoms with Gasteiger partial charge in [-0.05, 0) is 18.1 Å². The highest BCUT2D eigenvalue weighted by atomic mass is 16.7. The van der Waals surface area contributed by atoms with E-state index in [-0.39, 0.29) is 12.3 Å². The Morgan fingerprint density at radius 3 is 2.67 bits per heavy atom. The zero-order valence-electron chi connectivity index (χ0n) is 11.1. The third-order valence-electron chi connectivity index (χ3n) is 3.63. The van der Waals surface area contributed by atoms with Crippen molar-refractivity contribution in [1.82, 2.24) is 0 Å². The van der Waals surface area contributed by atoms with Crippen molar-refractivity contribution in [1.29, 1.82) is 0 Å². The van der Waals surface area contributed by atoms with Crippen molar-refractivity contribution < 1.29 is 9.47 Å². The molecule has 2 N–H and O–H groups in total. The van der Waals surface area contributed by atoms with Gasteiger partial charge in [-0.25, -0.2) is 0 Å². The molecular weight excluding hydrogens is 228 g/mol. The summed E-state index contributed by atoms with van der Waals surface area (Å²) in [7, 11) is 3.33. The SMILES string of the molecule is COC(CC(CN)N1CCc2ccccc21)OC. The first-order chi connectivity index (χ1) is 8.80. The molecule has 4 nitrogen and oxygen atoms in total. The lowest BCUT2D eigenvalue weighted by Gasteiger charge is -2.31. The summed E-state index contributed by atoms with van der Waals surface area (Å²) >= 11 is 0. The summed E-state index contributed by atoms with van der Waals surface area (Å²) in [6.07, 6.45) is 1.70. The quantitative estimate of drug-likeness (QED) is 0.775. The molecule has 4 heteroatoms. The molecule has 0 saturated heterocycles. The molecule has 1 aromatic carbocycles. The van der Waals surface area contributed by atoms with Gasteiger partial charge in [-0.3, -0.25) is 0 Å². The van der Waals surface area contributed by atoms with E-state index in [1.807, 2.05) is 0 Å². The first-order valence-electron chi connectivity index (χ1n) is 6.40. The molecule has 1 atom stereocenters. The maximum atomic E-state index is 5.91. The fraction of sp³-hybridized carbons (Fsp3) is 0.571. The van der Waals surface area contributed by atoms with Gasteiger partial charge in [-0.15, -0.1) is 0 Å². The van der Waals surface area contributed by atoms with E-state index in [0.717, 1.165) is 19.4 Å². The lowest BCUT2D eigenvalue weighted by atomic mass is 10.1. The molecule has 1 heterocycles. The van der Waals surface area contributed by atoms with Crippen LogP contribution in [-0.2, 0) is 15.9 Å². The predicted octanol–water partition coefficient (Wildman–Crippen LogP) is 1.39. The lowest BCUT2D eigenvalue weighted by Crippen LogP contribution is -2.42. The average Bonchev–Trinajstić information content (AvgIpc) is 2.84. The van der Waals surface area contributed by atoms with Gasteiger partial charge in [0.05, 0.1) is 0 Å². The molecule has 0 radical (unpaired) electrons. The number of ether oxygens (including phenoxy) is 2. The van der Waals surface area contributed by atoms with Gasteiger partial charge in [-0.2, -0.15) is 0 Å². The van der Waals surface area contributed by atoms with Crippen LogP contribution in [-0.4, -0.2) is 39.6 Å². The predicted molar refractivity (Wildman–Crippen MR) is 72.8 cm³/mol. The second kappa shape index (κ2) is 6.18. The van der Waals surface area contributed by atoms with Crippen LogP contribution in [0, 0.1) is 0 Å². The van der Waals surface area contributed by atoms with Crippen molar-refractivity contribution in [2.24, 2.45) is 5.73 Å². The number of nitrogens with zero attached hydrogens (tertiary/aromatic N) is 1. The smallest absolute Gasteiger partial charge is 0.158 e. The van der Waals surface area contributed by atoms with Gasteiger partial charge < -0.3 is 20.1 Å². The number of hydrogen-bond donors (Lipinski definition) is 1. The first-order valence-corrected chi connectivity index (χ1v) is 6.40. The van der Waals surface area contributed by atoms with Crippen LogP contribution in [0.25, 0.3) is 0 Å². The summed E-state index contributed by atoms with van der Waals surface area (Å²) < 4.78 is 10.5. The van der Waals surface area contributed by atoms with Crippen LogP contribution in [0.1, 0.15) is 12.0 Å². The molecule has 0 aliphatic carbocycles. The van der Waals surface area contributed by atoms with E-state index in [1.165, 1.54) is 11.3 Å². The molecule has 100 valence electrons. The van der Waals surface area contributed by atoms with E-state index in [0.29, 0.717) is 6.54 Å². The minimum Gasteiger partial charge on any atom is -0.367 e. The van der Waals surface area contributed by atoms with Crippen LogP contribution < -0.4 is 10.6 Å². The van der Waals surface area contributed by atoms with Crippen LogP contribution in [0.4, 0.5) is 5.69 Å². The average molecular weight is 250 g/mol. The minimum atomic E-state index is -0.189. The molecule has 0 aromatic heterocycles. The number of methoxy groups -OCH3 is 2. The van der Waals surface area contributed by atoms with E-state index in [1.54, 1.807) is 14.2 Å². The Kier molecular flexibility index (Phi) is 4.58. The fourth-order valence-electron chi connectivity index (χ4n) is 2.60. The Bertz CT molecular complexity index is 380. The summed E-state index contributed by atoms with van der Waals surface area (Å²) in [5.41, 5.74) is 8.62. The maximum Gasteiger partial charge on any atom is 0.158 e. The molecule has 0 fully saturated rings. The van der Waals surface area contributed by atoms with Gasteiger partial charge in [0.2, 0.25) is 0 Å². The lowest BCUT2D eigenvalue weighted by molar-refractivity contribution is -0.108. The molecule has 2 rings (SSSR count).